The molecular weight excluding hydrogens is 246 g/mol. The largest absolute Gasteiger partial charge is 0.223 e. The van der Waals surface area contributed by atoms with E-state index in [0.717, 1.165) is 11.2 Å². The standard InChI is InChI=1S/C14H8ClN3/c15-12-3-1-2-11(10-12)4-5-13-7-9-18-14(17-13)6-8-16-18/h1-3,6-10H. The van der Waals surface area contributed by atoms with E-state index in [4.69, 9.17) is 11.6 Å². The fraction of sp³-hybridized carbons (Fsp3) is 0. The number of fused-ring (bicyclic) bond motifs is 1. The number of benzene rings is 1. The third-order valence-electron chi connectivity index (χ3n) is 2.42. The van der Waals surface area contributed by atoms with Crippen LogP contribution in [0.1, 0.15) is 11.3 Å². The highest BCUT2D eigenvalue weighted by Crippen LogP contribution is 2.09. The summed E-state index contributed by atoms with van der Waals surface area (Å²) in [5.41, 5.74) is 2.37. The lowest BCUT2D eigenvalue weighted by Gasteiger charge is -1.93. The summed E-state index contributed by atoms with van der Waals surface area (Å²) in [6, 6.07) is 11.1. The van der Waals surface area contributed by atoms with Gasteiger partial charge in [-0.2, -0.15) is 5.10 Å². The molecule has 0 aliphatic heterocycles. The van der Waals surface area contributed by atoms with Gasteiger partial charge in [-0.05, 0) is 30.2 Å². The van der Waals surface area contributed by atoms with Gasteiger partial charge < -0.3 is 0 Å². The van der Waals surface area contributed by atoms with E-state index in [1.54, 1.807) is 10.7 Å². The Balaban J connectivity index is 1.97. The van der Waals surface area contributed by atoms with Crippen LogP contribution in [0, 0.1) is 11.8 Å². The first kappa shape index (κ1) is 10.8. The van der Waals surface area contributed by atoms with E-state index < -0.39 is 0 Å². The first-order chi connectivity index (χ1) is 8.81. The van der Waals surface area contributed by atoms with Crippen LogP contribution < -0.4 is 0 Å². The lowest BCUT2D eigenvalue weighted by Crippen LogP contribution is -1.91. The normalized spacial score (nSPS) is 10.1. The van der Waals surface area contributed by atoms with E-state index in [1.165, 1.54) is 0 Å². The predicted molar refractivity (Wildman–Crippen MR) is 70.4 cm³/mol. The summed E-state index contributed by atoms with van der Waals surface area (Å²) in [5.74, 6) is 6.04. The van der Waals surface area contributed by atoms with E-state index in [2.05, 4.69) is 21.9 Å². The number of aromatic nitrogens is 3. The highest BCUT2D eigenvalue weighted by Gasteiger charge is 1.95. The summed E-state index contributed by atoms with van der Waals surface area (Å²) in [4.78, 5) is 4.37. The fourth-order valence-electron chi connectivity index (χ4n) is 1.58. The van der Waals surface area contributed by atoms with Gasteiger partial charge in [0.25, 0.3) is 0 Å². The fourth-order valence-corrected chi connectivity index (χ4v) is 1.77. The average molecular weight is 254 g/mol. The van der Waals surface area contributed by atoms with Crippen molar-refractivity contribution in [2.24, 2.45) is 0 Å². The second kappa shape index (κ2) is 4.52. The van der Waals surface area contributed by atoms with Crippen molar-refractivity contribution in [2.45, 2.75) is 0 Å². The summed E-state index contributed by atoms with van der Waals surface area (Å²) in [7, 11) is 0. The summed E-state index contributed by atoms with van der Waals surface area (Å²) in [5, 5.41) is 4.76. The summed E-state index contributed by atoms with van der Waals surface area (Å²) in [6.07, 6.45) is 3.54. The highest BCUT2D eigenvalue weighted by molar-refractivity contribution is 6.30. The molecule has 1 aromatic carbocycles. The third-order valence-corrected chi connectivity index (χ3v) is 2.65. The molecule has 0 saturated carbocycles. The number of rotatable bonds is 0. The van der Waals surface area contributed by atoms with Crippen LogP contribution in [0.15, 0.2) is 48.8 Å². The van der Waals surface area contributed by atoms with Gasteiger partial charge >= 0.3 is 0 Å². The van der Waals surface area contributed by atoms with Crippen molar-refractivity contribution < 1.29 is 0 Å². The number of halogens is 1. The number of hydrogen-bond acceptors (Lipinski definition) is 2. The molecule has 2 heterocycles. The zero-order valence-electron chi connectivity index (χ0n) is 9.34. The second-order valence-corrected chi connectivity index (χ2v) is 4.14. The second-order valence-electron chi connectivity index (χ2n) is 3.71. The zero-order chi connectivity index (χ0) is 12.4. The predicted octanol–water partition coefficient (Wildman–Crippen LogP) is 2.78. The molecule has 3 aromatic rings. The van der Waals surface area contributed by atoms with Crippen molar-refractivity contribution >= 4 is 17.2 Å². The van der Waals surface area contributed by atoms with Crippen molar-refractivity contribution in [3.05, 3.63) is 65.1 Å². The molecule has 3 nitrogen and oxygen atoms in total. The quantitative estimate of drug-likeness (QED) is 0.577. The molecule has 3 rings (SSSR count). The van der Waals surface area contributed by atoms with Crippen molar-refractivity contribution in [1.29, 1.82) is 0 Å². The maximum Gasteiger partial charge on any atom is 0.156 e. The molecule has 0 radical (unpaired) electrons. The summed E-state index contributed by atoms with van der Waals surface area (Å²) in [6.45, 7) is 0. The van der Waals surface area contributed by atoms with Crippen molar-refractivity contribution in [3.8, 4) is 11.8 Å². The first-order valence-electron chi connectivity index (χ1n) is 5.39. The van der Waals surface area contributed by atoms with E-state index in [1.807, 2.05) is 42.6 Å². The Labute approximate surface area is 109 Å². The van der Waals surface area contributed by atoms with Crippen LogP contribution in [0.3, 0.4) is 0 Å². The van der Waals surface area contributed by atoms with E-state index in [-0.39, 0.29) is 0 Å². The van der Waals surface area contributed by atoms with Crippen LogP contribution in [-0.4, -0.2) is 14.6 Å². The SMILES string of the molecule is Clc1cccc(C#Cc2ccn3nccc3n2)c1. The number of nitrogens with zero attached hydrogens (tertiary/aromatic N) is 3. The molecule has 0 atom stereocenters. The third kappa shape index (κ3) is 2.20. The van der Waals surface area contributed by atoms with Crippen molar-refractivity contribution in [1.82, 2.24) is 14.6 Å². The molecule has 0 aliphatic carbocycles. The Morgan fingerprint density at radius 1 is 1.11 bits per heavy atom. The highest BCUT2D eigenvalue weighted by atomic mass is 35.5. The molecule has 0 unspecified atom stereocenters. The zero-order valence-corrected chi connectivity index (χ0v) is 10.1. The van der Waals surface area contributed by atoms with Gasteiger partial charge in [-0.3, -0.25) is 0 Å². The van der Waals surface area contributed by atoms with Crippen LogP contribution in [-0.2, 0) is 0 Å². The first-order valence-corrected chi connectivity index (χ1v) is 5.77. The minimum Gasteiger partial charge on any atom is -0.223 e. The van der Waals surface area contributed by atoms with Gasteiger partial charge in [0.15, 0.2) is 5.65 Å². The molecule has 0 fully saturated rings. The molecule has 4 heteroatoms. The van der Waals surface area contributed by atoms with Gasteiger partial charge in [-0.15, -0.1) is 0 Å². The molecule has 0 N–H and O–H groups in total. The van der Waals surface area contributed by atoms with Gasteiger partial charge in [0.2, 0.25) is 0 Å². The van der Waals surface area contributed by atoms with E-state index in [0.29, 0.717) is 10.7 Å². The lowest BCUT2D eigenvalue weighted by atomic mass is 10.2. The van der Waals surface area contributed by atoms with Crippen LogP contribution in [0.4, 0.5) is 0 Å². The van der Waals surface area contributed by atoms with Crippen LogP contribution in [0.2, 0.25) is 5.02 Å². The van der Waals surface area contributed by atoms with E-state index >= 15 is 0 Å². The average Bonchev–Trinajstić information content (AvgIpc) is 2.84. The molecule has 0 saturated heterocycles. The molecule has 86 valence electrons. The van der Waals surface area contributed by atoms with Gasteiger partial charge in [-0.25, -0.2) is 9.50 Å². The Morgan fingerprint density at radius 3 is 2.94 bits per heavy atom. The Bertz CT molecular complexity index is 765. The molecular formula is C14H8ClN3. The van der Waals surface area contributed by atoms with E-state index in [9.17, 15) is 0 Å². The van der Waals surface area contributed by atoms with Crippen LogP contribution >= 0.6 is 11.6 Å². The van der Waals surface area contributed by atoms with Gasteiger partial charge in [0.1, 0.15) is 5.69 Å². The molecule has 0 amide bonds. The summed E-state index contributed by atoms with van der Waals surface area (Å²) >= 11 is 5.90. The molecule has 0 aliphatic rings. The van der Waals surface area contributed by atoms with Crippen LogP contribution in [0.25, 0.3) is 5.65 Å². The molecule has 18 heavy (non-hydrogen) atoms. The molecule has 0 spiro atoms. The maximum atomic E-state index is 5.90. The lowest BCUT2D eigenvalue weighted by molar-refractivity contribution is 0.936. The van der Waals surface area contributed by atoms with Gasteiger partial charge in [0.05, 0.1) is 6.20 Å². The topological polar surface area (TPSA) is 30.2 Å². The van der Waals surface area contributed by atoms with Gasteiger partial charge in [-0.1, -0.05) is 23.6 Å². The minimum atomic E-state index is 0.681. The molecule has 0 bridgehead atoms. The molecule has 2 aromatic heterocycles. The van der Waals surface area contributed by atoms with Gasteiger partial charge in [0, 0.05) is 22.8 Å². The Hall–Kier alpha value is -2.31. The maximum absolute atomic E-state index is 5.90. The summed E-state index contributed by atoms with van der Waals surface area (Å²) < 4.78 is 1.70. The Morgan fingerprint density at radius 2 is 2.06 bits per heavy atom. The number of hydrogen-bond donors (Lipinski definition) is 0. The monoisotopic (exact) mass is 253 g/mol. The van der Waals surface area contributed by atoms with Crippen molar-refractivity contribution in [2.75, 3.05) is 0 Å². The smallest absolute Gasteiger partial charge is 0.156 e. The van der Waals surface area contributed by atoms with Crippen LogP contribution in [0.5, 0.6) is 0 Å². The minimum absolute atomic E-state index is 0.681. The Kier molecular flexibility index (Phi) is 2.71. The van der Waals surface area contributed by atoms with Crippen molar-refractivity contribution in [3.63, 3.8) is 0 Å².